The SMILES string of the molecule is Cc1c(Cl)cc(OC(N)=O)cc1OCC1CCN(C)C1. The minimum atomic E-state index is -0.867. The van der Waals surface area contributed by atoms with Gasteiger partial charge in [-0.15, -0.1) is 0 Å². The largest absolute Gasteiger partial charge is 0.493 e. The lowest BCUT2D eigenvalue weighted by molar-refractivity contribution is 0.210. The Morgan fingerprint density at radius 3 is 2.90 bits per heavy atom. The van der Waals surface area contributed by atoms with Gasteiger partial charge >= 0.3 is 6.09 Å². The molecule has 110 valence electrons. The highest BCUT2D eigenvalue weighted by molar-refractivity contribution is 6.31. The summed E-state index contributed by atoms with van der Waals surface area (Å²) < 4.78 is 10.7. The summed E-state index contributed by atoms with van der Waals surface area (Å²) in [6, 6.07) is 3.20. The Kier molecular flexibility index (Phi) is 4.73. The van der Waals surface area contributed by atoms with E-state index < -0.39 is 6.09 Å². The van der Waals surface area contributed by atoms with Crippen LogP contribution in [0.25, 0.3) is 0 Å². The second-order valence-corrected chi connectivity index (χ2v) is 5.58. The van der Waals surface area contributed by atoms with Crippen LogP contribution in [0.3, 0.4) is 0 Å². The van der Waals surface area contributed by atoms with Gasteiger partial charge in [0.25, 0.3) is 0 Å². The Labute approximate surface area is 123 Å². The first kappa shape index (κ1) is 14.9. The fourth-order valence-electron chi connectivity index (χ4n) is 2.32. The molecular weight excluding hydrogens is 280 g/mol. The molecule has 1 aliphatic heterocycles. The fourth-order valence-corrected chi connectivity index (χ4v) is 2.53. The summed E-state index contributed by atoms with van der Waals surface area (Å²) in [4.78, 5) is 13.1. The molecule has 5 nitrogen and oxygen atoms in total. The van der Waals surface area contributed by atoms with Crippen molar-refractivity contribution in [1.29, 1.82) is 0 Å². The highest BCUT2D eigenvalue weighted by Gasteiger charge is 2.20. The van der Waals surface area contributed by atoms with Crippen LogP contribution < -0.4 is 15.2 Å². The zero-order valence-electron chi connectivity index (χ0n) is 11.7. The molecule has 1 amide bonds. The molecule has 1 unspecified atom stereocenters. The van der Waals surface area contributed by atoms with Gasteiger partial charge < -0.3 is 20.1 Å². The third kappa shape index (κ3) is 3.77. The topological polar surface area (TPSA) is 64.8 Å². The van der Waals surface area contributed by atoms with Crippen LogP contribution in [-0.4, -0.2) is 37.7 Å². The van der Waals surface area contributed by atoms with Gasteiger partial charge in [-0.3, -0.25) is 0 Å². The van der Waals surface area contributed by atoms with Crippen LogP contribution in [0.2, 0.25) is 5.02 Å². The van der Waals surface area contributed by atoms with E-state index in [0.717, 1.165) is 25.1 Å². The van der Waals surface area contributed by atoms with Gasteiger partial charge in [-0.2, -0.15) is 0 Å². The Hall–Kier alpha value is -1.46. The van der Waals surface area contributed by atoms with Gasteiger partial charge in [0.1, 0.15) is 11.5 Å². The van der Waals surface area contributed by atoms with E-state index in [0.29, 0.717) is 29.0 Å². The second kappa shape index (κ2) is 6.33. The van der Waals surface area contributed by atoms with Crippen molar-refractivity contribution >= 4 is 17.7 Å². The summed E-state index contributed by atoms with van der Waals surface area (Å²) in [6.07, 6.45) is 0.258. The minimum absolute atomic E-state index is 0.298. The average Bonchev–Trinajstić information content (AvgIpc) is 2.77. The van der Waals surface area contributed by atoms with E-state index in [2.05, 4.69) is 11.9 Å². The first-order valence-electron chi connectivity index (χ1n) is 6.54. The molecule has 20 heavy (non-hydrogen) atoms. The Balaban J connectivity index is 2.05. The van der Waals surface area contributed by atoms with Crippen molar-refractivity contribution in [1.82, 2.24) is 4.90 Å². The molecule has 1 aliphatic rings. The smallest absolute Gasteiger partial charge is 0.409 e. The molecule has 1 atom stereocenters. The fraction of sp³-hybridized carbons (Fsp3) is 0.500. The summed E-state index contributed by atoms with van der Waals surface area (Å²) in [6.45, 7) is 4.62. The number of hydrogen-bond acceptors (Lipinski definition) is 4. The number of benzene rings is 1. The van der Waals surface area contributed by atoms with Crippen LogP contribution in [0, 0.1) is 12.8 Å². The van der Waals surface area contributed by atoms with Crippen LogP contribution in [0.4, 0.5) is 4.79 Å². The Morgan fingerprint density at radius 2 is 2.30 bits per heavy atom. The predicted octanol–water partition coefficient (Wildman–Crippen LogP) is 2.44. The number of nitrogens with two attached hydrogens (primary N) is 1. The molecule has 0 radical (unpaired) electrons. The molecule has 1 saturated heterocycles. The van der Waals surface area contributed by atoms with Crippen LogP contribution in [0.1, 0.15) is 12.0 Å². The van der Waals surface area contributed by atoms with E-state index >= 15 is 0 Å². The standard InChI is InChI=1S/C14H19ClN2O3/c1-9-12(15)5-11(20-14(16)18)6-13(9)19-8-10-3-4-17(2)7-10/h5-6,10H,3-4,7-8H2,1-2H3,(H2,16,18). The maximum Gasteiger partial charge on any atom is 0.409 e. The lowest BCUT2D eigenvalue weighted by atomic mass is 10.1. The van der Waals surface area contributed by atoms with Crippen molar-refractivity contribution in [2.45, 2.75) is 13.3 Å². The van der Waals surface area contributed by atoms with E-state index in [1.807, 2.05) is 6.92 Å². The highest BCUT2D eigenvalue weighted by Crippen LogP contribution is 2.32. The van der Waals surface area contributed by atoms with Crippen molar-refractivity contribution in [2.24, 2.45) is 11.7 Å². The number of likely N-dealkylation sites (tertiary alicyclic amines) is 1. The number of primary amides is 1. The van der Waals surface area contributed by atoms with Crippen LogP contribution in [-0.2, 0) is 0 Å². The first-order valence-corrected chi connectivity index (χ1v) is 6.92. The summed E-state index contributed by atoms with van der Waals surface area (Å²) >= 11 is 6.10. The average molecular weight is 299 g/mol. The van der Waals surface area contributed by atoms with Crippen molar-refractivity contribution in [3.05, 3.63) is 22.7 Å². The number of rotatable bonds is 4. The molecule has 2 N–H and O–H groups in total. The van der Waals surface area contributed by atoms with Gasteiger partial charge in [0.15, 0.2) is 0 Å². The molecule has 1 heterocycles. The molecule has 0 aromatic heterocycles. The van der Waals surface area contributed by atoms with Gasteiger partial charge in [-0.25, -0.2) is 4.79 Å². The summed E-state index contributed by atoms with van der Waals surface area (Å²) in [7, 11) is 2.10. The number of ether oxygens (including phenoxy) is 2. The van der Waals surface area contributed by atoms with Crippen LogP contribution in [0.15, 0.2) is 12.1 Å². The number of amides is 1. The molecule has 2 rings (SSSR count). The van der Waals surface area contributed by atoms with Gasteiger partial charge in [-0.05, 0) is 26.9 Å². The second-order valence-electron chi connectivity index (χ2n) is 5.18. The maximum absolute atomic E-state index is 10.8. The van der Waals surface area contributed by atoms with E-state index in [-0.39, 0.29) is 0 Å². The van der Waals surface area contributed by atoms with Crippen molar-refractivity contribution in [2.75, 3.05) is 26.7 Å². The van der Waals surface area contributed by atoms with Crippen LogP contribution >= 0.6 is 11.6 Å². The van der Waals surface area contributed by atoms with Crippen molar-refractivity contribution in [3.8, 4) is 11.5 Å². The Morgan fingerprint density at radius 1 is 1.55 bits per heavy atom. The quantitative estimate of drug-likeness (QED) is 0.927. The van der Waals surface area contributed by atoms with Gasteiger partial charge in [0, 0.05) is 30.2 Å². The third-order valence-corrected chi connectivity index (χ3v) is 3.84. The zero-order chi connectivity index (χ0) is 14.7. The predicted molar refractivity (Wildman–Crippen MR) is 77.5 cm³/mol. The number of carbonyl (C=O) groups is 1. The maximum atomic E-state index is 10.8. The van der Waals surface area contributed by atoms with E-state index in [9.17, 15) is 4.79 Å². The summed E-state index contributed by atoms with van der Waals surface area (Å²) in [5, 5.41) is 0.488. The highest BCUT2D eigenvalue weighted by atomic mass is 35.5. The number of nitrogens with zero attached hydrogens (tertiary/aromatic N) is 1. The molecule has 0 saturated carbocycles. The number of hydrogen-bond donors (Lipinski definition) is 1. The number of halogens is 1. The van der Waals surface area contributed by atoms with Crippen molar-refractivity contribution in [3.63, 3.8) is 0 Å². The molecule has 0 spiro atoms. The summed E-state index contributed by atoms with van der Waals surface area (Å²) in [5.41, 5.74) is 5.83. The van der Waals surface area contributed by atoms with E-state index in [4.69, 9.17) is 26.8 Å². The first-order chi connectivity index (χ1) is 9.45. The normalized spacial score (nSPS) is 19.1. The molecule has 1 fully saturated rings. The van der Waals surface area contributed by atoms with E-state index in [1.54, 1.807) is 12.1 Å². The molecule has 0 aliphatic carbocycles. The lowest BCUT2D eigenvalue weighted by Crippen LogP contribution is -2.18. The van der Waals surface area contributed by atoms with E-state index in [1.165, 1.54) is 0 Å². The molecule has 1 aromatic carbocycles. The van der Waals surface area contributed by atoms with Crippen molar-refractivity contribution < 1.29 is 14.3 Å². The Bertz CT molecular complexity index is 507. The lowest BCUT2D eigenvalue weighted by Gasteiger charge is -2.15. The minimum Gasteiger partial charge on any atom is -0.493 e. The van der Waals surface area contributed by atoms with Crippen LogP contribution in [0.5, 0.6) is 11.5 Å². The molecular formula is C14H19ClN2O3. The van der Waals surface area contributed by atoms with Gasteiger partial charge in [0.05, 0.1) is 11.6 Å². The molecule has 1 aromatic rings. The monoisotopic (exact) mass is 298 g/mol. The third-order valence-electron chi connectivity index (χ3n) is 3.45. The summed E-state index contributed by atoms with van der Waals surface area (Å²) in [5.74, 6) is 1.44. The molecule has 6 heteroatoms. The number of carbonyl (C=O) groups excluding carboxylic acids is 1. The van der Waals surface area contributed by atoms with Gasteiger partial charge in [0.2, 0.25) is 0 Å². The van der Waals surface area contributed by atoms with Gasteiger partial charge in [-0.1, -0.05) is 11.6 Å². The zero-order valence-corrected chi connectivity index (χ0v) is 12.4. The molecule has 0 bridgehead atoms.